The topological polar surface area (TPSA) is 56.8 Å². The van der Waals surface area contributed by atoms with Crippen molar-refractivity contribution in [3.8, 4) is 0 Å². The molecule has 2 amide bonds. The summed E-state index contributed by atoms with van der Waals surface area (Å²) in [5, 5.41) is 1.06. The fourth-order valence-corrected chi connectivity index (χ4v) is 5.11. The van der Waals surface area contributed by atoms with Crippen molar-refractivity contribution in [1.29, 1.82) is 0 Å². The van der Waals surface area contributed by atoms with Crippen molar-refractivity contribution in [1.82, 2.24) is 14.8 Å². The van der Waals surface area contributed by atoms with Crippen LogP contribution in [-0.2, 0) is 22.4 Å². The maximum atomic E-state index is 12.7. The number of hydrogen-bond donors (Lipinski definition) is 0. The minimum Gasteiger partial charge on any atom is -0.345 e. The maximum Gasteiger partial charge on any atom is 0.226 e. The zero-order chi connectivity index (χ0) is 18.7. The number of thiazole rings is 1. The van der Waals surface area contributed by atoms with Crippen molar-refractivity contribution in [3.63, 3.8) is 0 Å². The molecule has 3 rings (SSSR count). The lowest BCUT2D eigenvalue weighted by Gasteiger charge is -2.34. The quantitative estimate of drug-likeness (QED) is 0.788. The molecule has 0 saturated carbocycles. The fraction of sp³-hybridized carbons (Fsp3) is 0.737. The van der Waals surface area contributed by atoms with E-state index in [0.717, 1.165) is 63.7 Å². The lowest BCUT2D eigenvalue weighted by molar-refractivity contribution is -0.135. The number of hydrogen-bond acceptors (Lipinski definition) is 5. The fourth-order valence-electron chi connectivity index (χ4n) is 3.87. The summed E-state index contributed by atoms with van der Waals surface area (Å²) in [5.41, 5.74) is 1.18. The Hall–Kier alpha value is -1.63. The molecule has 0 radical (unpaired) electrons. The average Bonchev–Trinajstić information content (AvgIpc) is 3.11. The monoisotopic (exact) mass is 378 g/mol. The zero-order valence-corrected chi connectivity index (χ0v) is 17.0. The highest BCUT2D eigenvalue weighted by molar-refractivity contribution is 7.15. The number of aromatic nitrogens is 1. The predicted molar refractivity (Wildman–Crippen MR) is 105 cm³/mol. The Morgan fingerprint density at radius 3 is 2.46 bits per heavy atom. The molecule has 1 aliphatic heterocycles. The van der Waals surface area contributed by atoms with Gasteiger partial charge in [-0.1, -0.05) is 6.92 Å². The molecule has 1 fully saturated rings. The first-order valence-corrected chi connectivity index (χ1v) is 10.7. The van der Waals surface area contributed by atoms with Gasteiger partial charge in [-0.2, -0.15) is 0 Å². The van der Waals surface area contributed by atoms with Crippen LogP contribution in [0.1, 0.15) is 44.2 Å². The van der Waals surface area contributed by atoms with Gasteiger partial charge in [-0.25, -0.2) is 4.98 Å². The van der Waals surface area contributed by atoms with E-state index in [1.807, 2.05) is 30.6 Å². The van der Waals surface area contributed by atoms with Crippen molar-refractivity contribution in [2.45, 2.75) is 46.5 Å². The molecular weight excluding hydrogens is 348 g/mol. The lowest BCUT2D eigenvalue weighted by atomic mass is 9.90. The zero-order valence-electron chi connectivity index (χ0n) is 16.2. The van der Waals surface area contributed by atoms with E-state index in [1.54, 1.807) is 11.3 Å². The minimum atomic E-state index is 0.106. The Morgan fingerprint density at radius 2 is 1.85 bits per heavy atom. The standard InChI is InChI=1S/C19H30N4O2S/c1-4-17(24)22-9-11-23(12-10-22)19-20-15-8-7-14(13-16(15)26-19)18(25)21(5-2)6-3/h14H,4-13H2,1-3H3. The molecule has 1 unspecified atom stereocenters. The molecule has 0 aromatic carbocycles. The molecule has 7 heteroatoms. The lowest BCUT2D eigenvalue weighted by Crippen LogP contribution is -2.48. The van der Waals surface area contributed by atoms with Crippen LogP contribution in [0.5, 0.6) is 0 Å². The maximum absolute atomic E-state index is 12.7. The van der Waals surface area contributed by atoms with Gasteiger partial charge in [0, 0.05) is 56.5 Å². The molecule has 26 heavy (non-hydrogen) atoms. The smallest absolute Gasteiger partial charge is 0.226 e. The number of anilines is 1. The summed E-state index contributed by atoms with van der Waals surface area (Å²) in [7, 11) is 0. The van der Waals surface area contributed by atoms with Gasteiger partial charge in [0.15, 0.2) is 5.13 Å². The van der Waals surface area contributed by atoms with Crippen LogP contribution >= 0.6 is 11.3 Å². The van der Waals surface area contributed by atoms with Crippen LogP contribution in [-0.4, -0.2) is 65.9 Å². The molecule has 1 saturated heterocycles. The van der Waals surface area contributed by atoms with E-state index in [9.17, 15) is 9.59 Å². The first-order valence-electron chi connectivity index (χ1n) is 9.87. The number of fused-ring (bicyclic) bond motifs is 1. The van der Waals surface area contributed by atoms with Crippen molar-refractivity contribution in [2.75, 3.05) is 44.2 Å². The molecule has 1 aromatic heterocycles. The Kier molecular flexibility index (Phi) is 6.16. The first kappa shape index (κ1) is 19.1. The number of carbonyl (C=O) groups excluding carboxylic acids is 2. The van der Waals surface area contributed by atoms with E-state index in [0.29, 0.717) is 12.3 Å². The third-order valence-electron chi connectivity index (χ3n) is 5.56. The summed E-state index contributed by atoms with van der Waals surface area (Å²) in [6, 6.07) is 0. The van der Waals surface area contributed by atoms with Gasteiger partial charge in [0.05, 0.1) is 5.69 Å². The third kappa shape index (κ3) is 3.87. The molecule has 2 heterocycles. The normalized spacial score (nSPS) is 20.0. The van der Waals surface area contributed by atoms with Gasteiger partial charge < -0.3 is 14.7 Å². The summed E-state index contributed by atoms with van der Waals surface area (Å²) >= 11 is 1.75. The highest BCUT2D eigenvalue weighted by Crippen LogP contribution is 2.35. The van der Waals surface area contributed by atoms with Gasteiger partial charge in [0.25, 0.3) is 0 Å². The molecule has 1 aromatic rings. The molecule has 0 spiro atoms. The number of aryl methyl sites for hydroxylation is 1. The van der Waals surface area contributed by atoms with Crippen LogP contribution in [0.25, 0.3) is 0 Å². The minimum absolute atomic E-state index is 0.106. The summed E-state index contributed by atoms with van der Waals surface area (Å²) in [6.07, 6.45) is 3.21. The van der Waals surface area contributed by atoms with Crippen molar-refractivity contribution >= 4 is 28.3 Å². The van der Waals surface area contributed by atoms with Gasteiger partial charge in [-0.05, 0) is 33.1 Å². The Balaban J connectivity index is 1.63. The second kappa shape index (κ2) is 8.37. The van der Waals surface area contributed by atoms with Crippen LogP contribution in [0.3, 0.4) is 0 Å². The van der Waals surface area contributed by atoms with Gasteiger partial charge in [0.2, 0.25) is 11.8 Å². The molecular formula is C19H30N4O2S. The summed E-state index contributed by atoms with van der Waals surface area (Å²) in [6.45, 7) is 10.8. The van der Waals surface area contributed by atoms with Crippen LogP contribution < -0.4 is 4.90 Å². The van der Waals surface area contributed by atoms with E-state index < -0.39 is 0 Å². The molecule has 6 nitrogen and oxygen atoms in total. The summed E-state index contributed by atoms with van der Waals surface area (Å²) in [5.74, 6) is 0.637. The Morgan fingerprint density at radius 1 is 1.15 bits per heavy atom. The van der Waals surface area contributed by atoms with Crippen molar-refractivity contribution < 1.29 is 9.59 Å². The van der Waals surface area contributed by atoms with Crippen molar-refractivity contribution in [2.24, 2.45) is 5.92 Å². The third-order valence-corrected chi connectivity index (χ3v) is 6.74. The van der Waals surface area contributed by atoms with E-state index >= 15 is 0 Å². The largest absolute Gasteiger partial charge is 0.345 e. The van der Waals surface area contributed by atoms with Crippen LogP contribution in [0.4, 0.5) is 5.13 Å². The SMILES string of the molecule is CCC(=O)N1CCN(c2nc3c(s2)CC(C(=O)N(CC)CC)CC3)CC1. The summed E-state index contributed by atoms with van der Waals surface area (Å²) in [4.78, 5) is 36.8. The summed E-state index contributed by atoms with van der Waals surface area (Å²) < 4.78 is 0. The van der Waals surface area contributed by atoms with Gasteiger partial charge in [-0.3, -0.25) is 9.59 Å². The number of carbonyl (C=O) groups is 2. The average molecular weight is 379 g/mol. The van der Waals surface area contributed by atoms with Crippen LogP contribution in [0, 0.1) is 5.92 Å². The predicted octanol–water partition coefficient (Wildman–Crippen LogP) is 2.17. The Bertz CT molecular complexity index is 648. The van der Waals surface area contributed by atoms with E-state index in [4.69, 9.17) is 4.98 Å². The van der Waals surface area contributed by atoms with E-state index in [2.05, 4.69) is 4.90 Å². The highest BCUT2D eigenvalue weighted by Gasteiger charge is 2.31. The van der Waals surface area contributed by atoms with Crippen LogP contribution in [0.15, 0.2) is 0 Å². The number of amides is 2. The highest BCUT2D eigenvalue weighted by atomic mass is 32.1. The van der Waals surface area contributed by atoms with E-state index in [-0.39, 0.29) is 11.8 Å². The van der Waals surface area contributed by atoms with Crippen molar-refractivity contribution in [3.05, 3.63) is 10.6 Å². The van der Waals surface area contributed by atoms with Gasteiger partial charge in [0.1, 0.15) is 0 Å². The Labute approximate surface area is 160 Å². The van der Waals surface area contributed by atoms with Crippen LogP contribution in [0.2, 0.25) is 0 Å². The first-order chi connectivity index (χ1) is 12.6. The number of rotatable bonds is 5. The molecule has 2 aliphatic rings. The molecule has 1 aliphatic carbocycles. The van der Waals surface area contributed by atoms with Gasteiger partial charge >= 0.3 is 0 Å². The van der Waals surface area contributed by atoms with E-state index in [1.165, 1.54) is 10.6 Å². The number of piperazine rings is 1. The molecule has 0 N–H and O–H groups in total. The molecule has 1 atom stereocenters. The van der Waals surface area contributed by atoms with Gasteiger partial charge in [-0.15, -0.1) is 11.3 Å². The molecule has 0 bridgehead atoms. The number of nitrogens with zero attached hydrogens (tertiary/aromatic N) is 4. The second-order valence-corrected chi connectivity index (χ2v) is 8.10. The molecule has 144 valence electrons. The second-order valence-electron chi connectivity index (χ2n) is 7.04.